The number of thiophene rings is 1. The first kappa shape index (κ1) is 18.9. The van der Waals surface area contributed by atoms with Crippen LogP contribution in [-0.2, 0) is 27.2 Å². The number of carbonyl (C=O) groups is 3. The van der Waals surface area contributed by atoms with E-state index in [1.54, 1.807) is 19.1 Å². The molecule has 5 nitrogen and oxygen atoms in total. The maximum Gasteiger partial charge on any atom is 0.341 e. The Balaban J connectivity index is 1.62. The molecule has 0 aliphatic heterocycles. The van der Waals surface area contributed by atoms with Crippen LogP contribution < -0.4 is 5.32 Å². The Morgan fingerprint density at radius 2 is 2.07 bits per heavy atom. The fourth-order valence-corrected chi connectivity index (χ4v) is 5.34. The summed E-state index contributed by atoms with van der Waals surface area (Å²) in [6.45, 7) is 2.05. The first-order valence-corrected chi connectivity index (χ1v) is 10.6. The lowest BCUT2D eigenvalue weighted by Gasteiger charge is -2.23. The van der Waals surface area contributed by atoms with E-state index < -0.39 is 11.9 Å². The topological polar surface area (TPSA) is 72.5 Å². The molecule has 1 atom stereocenters. The SMILES string of the molecule is CCOC(=O)c1c(NC(=O)C2=CC3CC=CCC3=CC2=O)sc2c1CCCC2. The summed E-state index contributed by atoms with van der Waals surface area (Å²) in [5, 5.41) is 3.35. The summed E-state index contributed by atoms with van der Waals surface area (Å²) in [4.78, 5) is 39.1. The van der Waals surface area contributed by atoms with Crippen molar-refractivity contribution >= 4 is 34.0 Å². The Morgan fingerprint density at radius 3 is 2.89 bits per heavy atom. The zero-order valence-electron chi connectivity index (χ0n) is 15.9. The Morgan fingerprint density at radius 1 is 1.25 bits per heavy atom. The molecule has 4 rings (SSSR count). The van der Waals surface area contributed by atoms with E-state index in [9.17, 15) is 14.4 Å². The van der Waals surface area contributed by atoms with Gasteiger partial charge in [-0.05, 0) is 57.1 Å². The van der Waals surface area contributed by atoms with Crippen LogP contribution in [0.3, 0.4) is 0 Å². The number of ketones is 1. The van der Waals surface area contributed by atoms with Gasteiger partial charge in [0.1, 0.15) is 5.00 Å². The molecule has 1 aromatic heterocycles. The van der Waals surface area contributed by atoms with Crippen LogP contribution >= 0.6 is 11.3 Å². The number of esters is 1. The summed E-state index contributed by atoms with van der Waals surface area (Å²) >= 11 is 1.43. The molecule has 0 fully saturated rings. The minimum Gasteiger partial charge on any atom is -0.462 e. The predicted octanol–water partition coefficient (Wildman–Crippen LogP) is 4.14. The number of hydrogen-bond donors (Lipinski definition) is 1. The maximum atomic E-state index is 12.9. The van der Waals surface area contributed by atoms with Crippen molar-refractivity contribution in [2.24, 2.45) is 5.92 Å². The lowest BCUT2D eigenvalue weighted by Crippen LogP contribution is -2.25. The van der Waals surface area contributed by atoms with Gasteiger partial charge in [0.2, 0.25) is 0 Å². The van der Waals surface area contributed by atoms with Crippen LogP contribution in [0.25, 0.3) is 0 Å². The highest BCUT2D eigenvalue weighted by molar-refractivity contribution is 7.17. The van der Waals surface area contributed by atoms with E-state index in [1.807, 2.05) is 0 Å². The minimum absolute atomic E-state index is 0.101. The minimum atomic E-state index is -0.445. The molecule has 0 saturated heterocycles. The monoisotopic (exact) mass is 397 g/mol. The van der Waals surface area contributed by atoms with Gasteiger partial charge in [-0.25, -0.2) is 4.79 Å². The number of anilines is 1. The van der Waals surface area contributed by atoms with E-state index in [2.05, 4.69) is 17.5 Å². The lowest BCUT2D eigenvalue weighted by atomic mass is 9.82. The van der Waals surface area contributed by atoms with Gasteiger partial charge in [-0.3, -0.25) is 9.59 Å². The third kappa shape index (κ3) is 3.49. The van der Waals surface area contributed by atoms with Crippen LogP contribution in [0.4, 0.5) is 5.00 Å². The fraction of sp³-hybridized carbons (Fsp3) is 0.409. The van der Waals surface area contributed by atoms with Crippen LogP contribution in [0.15, 0.2) is 35.5 Å². The van der Waals surface area contributed by atoms with Crippen molar-refractivity contribution < 1.29 is 19.1 Å². The fourth-order valence-electron chi connectivity index (χ4n) is 4.07. The van der Waals surface area contributed by atoms with Gasteiger partial charge in [-0.15, -0.1) is 11.3 Å². The van der Waals surface area contributed by atoms with E-state index in [0.717, 1.165) is 54.5 Å². The highest BCUT2D eigenvalue weighted by atomic mass is 32.1. The lowest BCUT2D eigenvalue weighted by molar-refractivity contribution is -0.117. The molecular formula is C22H23NO4S. The molecule has 0 spiro atoms. The predicted molar refractivity (Wildman–Crippen MR) is 109 cm³/mol. The van der Waals surface area contributed by atoms with Crippen LogP contribution in [0.5, 0.6) is 0 Å². The van der Waals surface area contributed by atoms with Crippen LogP contribution in [-0.4, -0.2) is 24.3 Å². The molecule has 0 bridgehead atoms. The Labute approximate surface area is 168 Å². The molecule has 1 N–H and O–H groups in total. The smallest absolute Gasteiger partial charge is 0.341 e. The van der Waals surface area contributed by atoms with Crippen molar-refractivity contribution in [1.29, 1.82) is 0 Å². The molecule has 3 aliphatic carbocycles. The van der Waals surface area contributed by atoms with Crippen molar-refractivity contribution in [3.05, 3.63) is 51.5 Å². The van der Waals surface area contributed by atoms with Gasteiger partial charge < -0.3 is 10.1 Å². The Bertz CT molecular complexity index is 935. The number of hydrogen-bond acceptors (Lipinski definition) is 5. The molecule has 0 aromatic carbocycles. The third-order valence-corrected chi connectivity index (χ3v) is 6.67. The molecule has 6 heteroatoms. The van der Waals surface area contributed by atoms with E-state index in [1.165, 1.54) is 11.3 Å². The number of allylic oxidation sites excluding steroid dienone is 5. The maximum absolute atomic E-state index is 12.9. The quantitative estimate of drug-likeness (QED) is 0.471. The van der Waals surface area contributed by atoms with Crippen LogP contribution in [0.2, 0.25) is 0 Å². The Hall–Kier alpha value is -2.47. The normalized spacial score (nSPS) is 20.6. The molecule has 1 aromatic rings. The van der Waals surface area contributed by atoms with E-state index in [-0.39, 0.29) is 23.9 Å². The van der Waals surface area contributed by atoms with Crippen molar-refractivity contribution in [3.8, 4) is 0 Å². The van der Waals surface area contributed by atoms with Gasteiger partial charge in [-0.1, -0.05) is 23.8 Å². The summed E-state index contributed by atoms with van der Waals surface area (Å²) in [6, 6.07) is 0. The zero-order chi connectivity index (χ0) is 19.7. The molecule has 146 valence electrons. The van der Waals surface area contributed by atoms with Gasteiger partial charge in [0.05, 0.1) is 17.7 Å². The van der Waals surface area contributed by atoms with Gasteiger partial charge >= 0.3 is 5.97 Å². The van der Waals surface area contributed by atoms with E-state index >= 15 is 0 Å². The number of amides is 1. The first-order valence-electron chi connectivity index (χ1n) is 9.83. The van der Waals surface area contributed by atoms with Gasteiger partial charge in [-0.2, -0.15) is 0 Å². The van der Waals surface area contributed by atoms with Crippen molar-refractivity contribution in [3.63, 3.8) is 0 Å². The van der Waals surface area contributed by atoms with E-state index in [0.29, 0.717) is 10.6 Å². The molecular weight excluding hydrogens is 374 g/mol. The van der Waals surface area contributed by atoms with Crippen LogP contribution in [0, 0.1) is 5.92 Å². The van der Waals surface area contributed by atoms with Crippen molar-refractivity contribution in [1.82, 2.24) is 0 Å². The number of aryl methyl sites for hydroxylation is 1. The molecule has 28 heavy (non-hydrogen) atoms. The number of fused-ring (bicyclic) bond motifs is 2. The second kappa shape index (κ2) is 7.87. The third-order valence-electron chi connectivity index (χ3n) is 5.46. The van der Waals surface area contributed by atoms with Crippen molar-refractivity contribution in [2.45, 2.75) is 45.4 Å². The number of carbonyl (C=O) groups excluding carboxylic acids is 3. The van der Waals surface area contributed by atoms with E-state index in [4.69, 9.17) is 4.74 Å². The summed E-state index contributed by atoms with van der Waals surface area (Å²) in [5.74, 6) is -1.01. The highest BCUT2D eigenvalue weighted by Gasteiger charge is 2.30. The molecule has 1 amide bonds. The van der Waals surface area contributed by atoms with Gasteiger partial charge in [0, 0.05) is 10.8 Å². The molecule has 1 heterocycles. The average molecular weight is 397 g/mol. The molecule has 1 unspecified atom stereocenters. The second-order valence-electron chi connectivity index (χ2n) is 7.27. The van der Waals surface area contributed by atoms with Gasteiger partial charge in [0.15, 0.2) is 5.78 Å². The number of ether oxygens (including phenoxy) is 1. The van der Waals surface area contributed by atoms with Crippen molar-refractivity contribution in [2.75, 3.05) is 11.9 Å². The average Bonchev–Trinajstić information content (AvgIpc) is 3.05. The molecule has 0 radical (unpaired) electrons. The summed E-state index contributed by atoms with van der Waals surface area (Å²) in [7, 11) is 0. The standard InChI is InChI=1S/C22H23NO4S/c1-2-27-22(26)19-15-9-5-6-10-18(15)28-21(19)23-20(25)16-11-13-7-3-4-8-14(13)12-17(16)24/h3-4,11-13H,2,5-10H2,1H3,(H,23,25). The number of nitrogens with one attached hydrogen (secondary N) is 1. The first-order chi connectivity index (χ1) is 13.6. The summed E-state index contributed by atoms with van der Waals surface area (Å²) in [6.07, 6.45) is 12.9. The summed E-state index contributed by atoms with van der Waals surface area (Å²) < 4.78 is 5.23. The Kier molecular flexibility index (Phi) is 5.31. The number of rotatable bonds is 4. The van der Waals surface area contributed by atoms with Crippen LogP contribution in [0.1, 0.15) is 53.4 Å². The largest absolute Gasteiger partial charge is 0.462 e. The zero-order valence-corrected chi connectivity index (χ0v) is 16.7. The highest BCUT2D eigenvalue weighted by Crippen LogP contribution is 2.39. The molecule has 3 aliphatic rings. The van der Waals surface area contributed by atoms with Gasteiger partial charge in [0.25, 0.3) is 5.91 Å². The summed E-state index contributed by atoms with van der Waals surface area (Å²) in [5.41, 5.74) is 2.68. The second-order valence-corrected chi connectivity index (χ2v) is 8.38. The molecule has 0 saturated carbocycles.